The first-order valence-corrected chi connectivity index (χ1v) is 9.52. The molecule has 148 valence electrons. The van der Waals surface area contributed by atoms with E-state index in [1.54, 1.807) is 31.6 Å². The van der Waals surface area contributed by atoms with Gasteiger partial charge in [-0.15, -0.1) is 0 Å². The Labute approximate surface area is 172 Å². The maximum absolute atomic E-state index is 13.1. The highest BCUT2D eigenvalue weighted by Gasteiger charge is 2.35. The molecule has 0 aliphatic carbocycles. The van der Waals surface area contributed by atoms with Crippen LogP contribution in [0.15, 0.2) is 82.8 Å². The molecule has 0 unspecified atom stereocenters. The molecule has 0 saturated heterocycles. The van der Waals surface area contributed by atoms with Crippen LogP contribution in [0.4, 0.5) is 0 Å². The lowest BCUT2D eigenvalue weighted by Gasteiger charge is -2.21. The summed E-state index contributed by atoms with van der Waals surface area (Å²) in [6.45, 7) is 0. The van der Waals surface area contributed by atoms with Crippen LogP contribution in [0.25, 0.3) is 11.0 Å². The van der Waals surface area contributed by atoms with Crippen molar-refractivity contribution in [3.05, 3.63) is 90.1 Å². The lowest BCUT2D eigenvalue weighted by Crippen LogP contribution is -2.26. The molecule has 0 spiro atoms. The lowest BCUT2D eigenvalue weighted by atomic mass is 9.98. The summed E-state index contributed by atoms with van der Waals surface area (Å²) in [5.41, 5.74) is 4.28. The summed E-state index contributed by atoms with van der Waals surface area (Å²) in [6, 6.07) is 16.6. The number of hydrogen-bond donors (Lipinski definition) is 0. The number of benzene rings is 2. The molecule has 0 bridgehead atoms. The number of amides is 1. The topological polar surface area (TPSA) is 80.8 Å². The zero-order valence-electron chi connectivity index (χ0n) is 16.2. The van der Waals surface area contributed by atoms with Gasteiger partial charge in [0.1, 0.15) is 5.75 Å². The van der Waals surface area contributed by atoms with Gasteiger partial charge in [-0.05, 0) is 59.7 Å². The quantitative estimate of drug-likeness (QED) is 0.514. The zero-order valence-corrected chi connectivity index (χ0v) is 16.2. The molecule has 0 radical (unpaired) electrons. The Morgan fingerprint density at radius 1 is 1.07 bits per heavy atom. The zero-order chi connectivity index (χ0) is 20.5. The number of carbonyl (C=O) groups excluding carboxylic acids is 1. The molecule has 30 heavy (non-hydrogen) atoms. The van der Waals surface area contributed by atoms with Crippen LogP contribution < -0.4 is 4.74 Å². The Hall–Kier alpha value is -4.00. The van der Waals surface area contributed by atoms with E-state index in [-0.39, 0.29) is 17.7 Å². The van der Waals surface area contributed by atoms with E-state index in [1.807, 2.05) is 42.5 Å². The number of rotatable bonds is 4. The molecule has 3 heterocycles. The molecule has 0 N–H and O–H groups in total. The highest BCUT2D eigenvalue weighted by Crippen LogP contribution is 2.35. The van der Waals surface area contributed by atoms with Crippen LogP contribution in [-0.4, -0.2) is 33.7 Å². The van der Waals surface area contributed by atoms with E-state index in [0.29, 0.717) is 6.42 Å². The smallest absolute Gasteiger partial charge is 0.310 e. The van der Waals surface area contributed by atoms with Crippen LogP contribution in [-0.2, 0) is 0 Å². The first kappa shape index (κ1) is 18.1. The summed E-state index contributed by atoms with van der Waals surface area (Å²) in [4.78, 5) is 21.8. The maximum atomic E-state index is 13.1. The summed E-state index contributed by atoms with van der Waals surface area (Å²) >= 11 is 0. The predicted molar refractivity (Wildman–Crippen MR) is 111 cm³/mol. The van der Waals surface area contributed by atoms with Crippen molar-refractivity contribution in [3.8, 4) is 5.75 Å². The summed E-state index contributed by atoms with van der Waals surface area (Å²) in [5.74, 6) is 0.735. The van der Waals surface area contributed by atoms with Gasteiger partial charge in [0.25, 0.3) is 0 Å². The van der Waals surface area contributed by atoms with Crippen LogP contribution in [0.2, 0.25) is 0 Å². The Bertz CT molecular complexity index is 1230. The van der Waals surface area contributed by atoms with Gasteiger partial charge in [-0.3, -0.25) is 14.8 Å². The van der Waals surface area contributed by atoms with Gasteiger partial charge < -0.3 is 9.15 Å². The van der Waals surface area contributed by atoms with Crippen LogP contribution >= 0.6 is 0 Å². The van der Waals surface area contributed by atoms with Crippen LogP contribution in [0.3, 0.4) is 0 Å². The molecule has 7 nitrogen and oxygen atoms in total. The Kier molecular flexibility index (Phi) is 4.48. The van der Waals surface area contributed by atoms with E-state index >= 15 is 0 Å². The summed E-state index contributed by atoms with van der Waals surface area (Å²) in [7, 11) is 1.63. The van der Waals surface area contributed by atoms with E-state index < -0.39 is 0 Å². The van der Waals surface area contributed by atoms with Crippen LogP contribution in [0, 0.1) is 0 Å². The molecule has 1 amide bonds. The largest absolute Gasteiger partial charge is 0.497 e. The van der Waals surface area contributed by atoms with E-state index in [0.717, 1.165) is 33.6 Å². The van der Waals surface area contributed by atoms with Crippen molar-refractivity contribution in [1.82, 2.24) is 15.0 Å². The highest BCUT2D eigenvalue weighted by molar-refractivity contribution is 6.04. The number of hydrazone groups is 1. The Balaban J connectivity index is 1.54. The molecule has 4 aromatic rings. The molecule has 5 rings (SSSR count). The number of ether oxygens (including phenoxy) is 1. The van der Waals surface area contributed by atoms with Crippen LogP contribution in [0.1, 0.15) is 34.1 Å². The van der Waals surface area contributed by atoms with E-state index in [1.165, 1.54) is 11.3 Å². The average molecular weight is 398 g/mol. The van der Waals surface area contributed by atoms with Gasteiger partial charge in [0, 0.05) is 18.8 Å². The van der Waals surface area contributed by atoms with E-state index in [4.69, 9.17) is 9.15 Å². The summed E-state index contributed by atoms with van der Waals surface area (Å²) < 4.78 is 10.6. The molecule has 2 aromatic heterocycles. The monoisotopic (exact) mass is 398 g/mol. The van der Waals surface area contributed by atoms with Gasteiger partial charge in [-0.25, -0.2) is 5.01 Å². The third-order valence-electron chi connectivity index (χ3n) is 5.15. The first-order chi connectivity index (χ1) is 14.7. The number of carbonyl (C=O) groups is 1. The van der Waals surface area contributed by atoms with Crippen molar-refractivity contribution in [2.45, 2.75) is 12.5 Å². The lowest BCUT2D eigenvalue weighted by molar-refractivity contribution is 0.0678. The minimum atomic E-state index is -0.284. The normalized spacial score (nSPS) is 16.0. The first-order valence-electron chi connectivity index (χ1n) is 9.52. The summed E-state index contributed by atoms with van der Waals surface area (Å²) in [5, 5.41) is 6.17. The third kappa shape index (κ3) is 3.20. The second kappa shape index (κ2) is 7.44. The fourth-order valence-corrected chi connectivity index (χ4v) is 3.62. The second-order valence-corrected chi connectivity index (χ2v) is 6.93. The van der Waals surface area contributed by atoms with Gasteiger partial charge in [0.2, 0.25) is 0 Å². The maximum Gasteiger partial charge on any atom is 0.310 e. The van der Waals surface area contributed by atoms with Gasteiger partial charge in [0.15, 0.2) is 5.76 Å². The highest BCUT2D eigenvalue weighted by atomic mass is 16.5. The van der Waals surface area contributed by atoms with Crippen molar-refractivity contribution in [2.24, 2.45) is 5.10 Å². The second-order valence-electron chi connectivity index (χ2n) is 6.93. The SMILES string of the molecule is COc1ccc(C2=NN(C(=O)c3ccco3)[C@@H](c3ccc4nccnc4c3)C2)cc1. The van der Waals surface area contributed by atoms with Crippen molar-refractivity contribution in [1.29, 1.82) is 0 Å². The van der Waals surface area contributed by atoms with Crippen molar-refractivity contribution in [3.63, 3.8) is 0 Å². The molecular weight excluding hydrogens is 380 g/mol. The molecule has 2 aromatic carbocycles. The molecule has 0 saturated carbocycles. The Morgan fingerprint density at radius 3 is 2.60 bits per heavy atom. The molecule has 1 aliphatic rings. The fraction of sp³-hybridized carbons (Fsp3) is 0.130. The number of aromatic nitrogens is 2. The molecule has 7 heteroatoms. The minimum absolute atomic E-state index is 0.250. The van der Waals surface area contributed by atoms with Crippen molar-refractivity contribution < 1.29 is 13.9 Å². The van der Waals surface area contributed by atoms with Gasteiger partial charge in [0.05, 0.1) is 36.2 Å². The van der Waals surface area contributed by atoms with Crippen LogP contribution in [0.5, 0.6) is 5.75 Å². The Morgan fingerprint density at radius 2 is 1.87 bits per heavy atom. The predicted octanol–water partition coefficient (Wildman–Crippen LogP) is 4.22. The number of fused-ring (bicyclic) bond motifs is 1. The molecular formula is C23H18N4O3. The number of nitrogens with zero attached hydrogens (tertiary/aromatic N) is 4. The minimum Gasteiger partial charge on any atom is -0.497 e. The van der Waals surface area contributed by atoms with Crippen molar-refractivity contribution >= 4 is 22.7 Å². The molecule has 1 atom stereocenters. The fourth-order valence-electron chi connectivity index (χ4n) is 3.62. The molecule has 0 fully saturated rings. The average Bonchev–Trinajstić information content (AvgIpc) is 3.49. The number of furan rings is 1. The summed E-state index contributed by atoms with van der Waals surface area (Å²) in [6.07, 6.45) is 5.38. The van der Waals surface area contributed by atoms with Crippen molar-refractivity contribution in [2.75, 3.05) is 7.11 Å². The standard InChI is InChI=1S/C23H18N4O3/c1-29-17-7-4-15(5-8-17)19-14-21(27(26-19)23(28)22-3-2-12-30-22)16-6-9-18-20(13-16)25-11-10-24-18/h2-13,21H,14H2,1H3/t21-/m1/s1. The third-order valence-corrected chi connectivity index (χ3v) is 5.15. The number of hydrogen-bond acceptors (Lipinski definition) is 6. The number of methoxy groups -OCH3 is 1. The van der Waals surface area contributed by atoms with Gasteiger partial charge in [-0.2, -0.15) is 5.10 Å². The molecule has 1 aliphatic heterocycles. The van der Waals surface area contributed by atoms with E-state index in [2.05, 4.69) is 15.1 Å². The van der Waals surface area contributed by atoms with E-state index in [9.17, 15) is 4.79 Å². The van der Waals surface area contributed by atoms with Gasteiger partial charge in [-0.1, -0.05) is 6.07 Å². The van der Waals surface area contributed by atoms with Gasteiger partial charge >= 0.3 is 5.91 Å².